The van der Waals surface area contributed by atoms with Gasteiger partial charge in [0.05, 0.1) is 7.11 Å². The maximum Gasteiger partial charge on any atom is 0.344 e. The van der Waals surface area contributed by atoms with Crippen LogP contribution in [0.1, 0.15) is 13.3 Å². The highest BCUT2D eigenvalue weighted by Gasteiger charge is 2.16. The monoisotopic (exact) mass is 210 g/mol. The molecule has 4 heteroatoms. The average molecular weight is 210 g/mol. The van der Waals surface area contributed by atoms with Crippen LogP contribution in [-0.4, -0.2) is 24.3 Å². The highest BCUT2D eigenvalue weighted by atomic mass is 16.5. The number of aliphatic carboxylic acids is 1. The lowest BCUT2D eigenvalue weighted by Crippen LogP contribution is -2.25. The Bertz CT molecular complexity index is 335. The number of carbonyl (C=O) groups is 1. The Morgan fingerprint density at radius 2 is 2.13 bits per heavy atom. The second-order valence-electron chi connectivity index (χ2n) is 3.03. The molecular formula is C11H14O4. The number of carboxylic acid groups (broad SMARTS) is 1. The van der Waals surface area contributed by atoms with E-state index < -0.39 is 12.1 Å². The summed E-state index contributed by atoms with van der Waals surface area (Å²) in [5.41, 5.74) is 0. The van der Waals surface area contributed by atoms with Gasteiger partial charge in [-0.1, -0.05) is 13.0 Å². The molecule has 4 nitrogen and oxygen atoms in total. The number of methoxy groups -OCH3 is 1. The Morgan fingerprint density at radius 3 is 2.67 bits per heavy atom. The summed E-state index contributed by atoms with van der Waals surface area (Å²) in [4.78, 5) is 10.7. The second-order valence-corrected chi connectivity index (χ2v) is 3.03. The van der Waals surface area contributed by atoms with Crippen molar-refractivity contribution in [2.75, 3.05) is 7.11 Å². The van der Waals surface area contributed by atoms with E-state index in [1.54, 1.807) is 38.3 Å². The fraction of sp³-hybridized carbons (Fsp3) is 0.364. The van der Waals surface area contributed by atoms with E-state index in [-0.39, 0.29) is 0 Å². The molecule has 15 heavy (non-hydrogen) atoms. The van der Waals surface area contributed by atoms with Crippen molar-refractivity contribution in [1.82, 2.24) is 0 Å². The third-order valence-electron chi connectivity index (χ3n) is 1.97. The Kier molecular flexibility index (Phi) is 3.97. The van der Waals surface area contributed by atoms with Gasteiger partial charge in [-0.3, -0.25) is 0 Å². The van der Waals surface area contributed by atoms with Gasteiger partial charge in [0.2, 0.25) is 0 Å². The van der Waals surface area contributed by atoms with Crippen LogP contribution in [0.5, 0.6) is 11.5 Å². The van der Waals surface area contributed by atoms with Gasteiger partial charge in [0, 0.05) is 6.07 Å². The van der Waals surface area contributed by atoms with E-state index in [1.165, 1.54) is 0 Å². The van der Waals surface area contributed by atoms with Gasteiger partial charge in [-0.2, -0.15) is 0 Å². The largest absolute Gasteiger partial charge is 0.497 e. The predicted molar refractivity (Wildman–Crippen MR) is 55.3 cm³/mol. The van der Waals surface area contributed by atoms with Crippen molar-refractivity contribution in [3.8, 4) is 11.5 Å². The molecule has 1 aromatic carbocycles. The van der Waals surface area contributed by atoms with Gasteiger partial charge in [-0.25, -0.2) is 4.79 Å². The average Bonchev–Trinajstić information content (AvgIpc) is 2.25. The van der Waals surface area contributed by atoms with Crippen molar-refractivity contribution in [2.24, 2.45) is 0 Å². The van der Waals surface area contributed by atoms with Crippen LogP contribution in [0.2, 0.25) is 0 Å². The van der Waals surface area contributed by atoms with E-state index in [0.717, 1.165) is 0 Å². The molecule has 1 atom stereocenters. The number of hydrogen-bond acceptors (Lipinski definition) is 3. The van der Waals surface area contributed by atoms with Crippen molar-refractivity contribution < 1.29 is 19.4 Å². The molecule has 0 spiro atoms. The maximum absolute atomic E-state index is 10.7. The van der Waals surface area contributed by atoms with Crippen LogP contribution in [-0.2, 0) is 4.79 Å². The quantitative estimate of drug-likeness (QED) is 0.806. The Labute approximate surface area is 88.4 Å². The summed E-state index contributed by atoms with van der Waals surface area (Å²) in [6.45, 7) is 1.76. The van der Waals surface area contributed by atoms with Crippen LogP contribution in [0, 0.1) is 0 Å². The SMILES string of the molecule is CCC(Oc1cccc(OC)c1)C(=O)O. The molecule has 1 aromatic rings. The van der Waals surface area contributed by atoms with Crippen LogP contribution in [0.3, 0.4) is 0 Å². The van der Waals surface area contributed by atoms with Crippen molar-refractivity contribution in [3.63, 3.8) is 0 Å². The number of benzene rings is 1. The van der Waals surface area contributed by atoms with E-state index >= 15 is 0 Å². The first-order valence-electron chi connectivity index (χ1n) is 4.71. The molecule has 0 aliphatic heterocycles. The number of carboxylic acids is 1. The zero-order chi connectivity index (χ0) is 11.3. The van der Waals surface area contributed by atoms with Gasteiger partial charge < -0.3 is 14.6 Å². The normalized spacial score (nSPS) is 11.9. The third-order valence-corrected chi connectivity index (χ3v) is 1.97. The molecule has 82 valence electrons. The number of hydrogen-bond donors (Lipinski definition) is 1. The summed E-state index contributed by atoms with van der Waals surface area (Å²) in [5.74, 6) is 0.191. The standard InChI is InChI=1S/C11H14O4/c1-3-10(11(12)13)15-9-6-4-5-8(7-9)14-2/h4-7,10H,3H2,1-2H3,(H,12,13). The van der Waals surface area contributed by atoms with E-state index in [1.807, 2.05) is 0 Å². The molecule has 0 fully saturated rings. The number of ether oxygens (including phenoxy) is 2. The minimum atomic E-state index is -0.958. The van der Waals surface area contributed by atoms with Gasteiger partial charge in [0.1, 0.15) is 11.5 Å². The lowest BCUT2D eigenvalue weighted by molar-refractivity contribution is -0.145. The van der Waals surface area contributed by atoms with Crippen molar-refractivity contribution in [2.45, 2.75) is 19.4 Å². The van der Waals surface area contributed by atoms with E-state index in [9.17, 15) is 4.79 Å². The van der Waals surface area contributed by atoms with E-state index in [0.29, 0.717) is 17.9 Å². The lowest BCUT2D eigenvalue weighted by Gasteiger charge is -2.13. The summed E-state index contributed by atoms with van der Waals surface area (Å²) in [6, 6.07) is 6.89. The molecular weight excluding hydrogens is 196 g/mol. The molecule has 0 saturated carbocycles. The van der Waals surface area contributed by atoms with Gasteiger partial charge in [-0.05, 0) is 18.6 Å². The minimum Gasteiger partial charge on any atom is -0.497 e. The summed E-state index contributed by atoms with van der Waals surface area (Å²) in [7, 11) is 1.55. The van der Waals surface area contributed by atoms with Crippen LogP contribution in [0.4, 0.5) is 0 Å². The summed E-state index contributed by atoms with van der Waals surface area (Å²) in [5, 5.41) is 8.80. The molecule has 0 heterocycles. The van der Waals surface area contributed by atoms with Crippen LogP contribution < -0.4 is 9.47 Å². The summed E-state index contributed by atoms with van der Waals surface area (Å²) in [6.07, 6.45) is -0.385. The summed E-state index contributed by atoms with van der Waals surface area (Å²) >= 11 is 0. The fourth-order valence-corrected chi connectivity index (χ4v) is 1.15. The molecule has 1 unspecified atom stereocenters. The maximum atomic E-state index is 10.7. The first-order chi connectivity index (χ1) is 7.17. The van der Waals surface area contributed by atoms with Gasteiger partial charge in [0.15, 0.2) is 6.10 Å². The molecule has 0 aromatic heterocycles. The van der Waals surface area contributed by atoms with Crippen molar-refractivity contribution >= 4 is 5.97 Å². The van der Waals surface area contributed by atoms with E-state index in [4.69, 9.17) is 14.6 Å². The molecule has 0 saturated heterocycles. The molecule has 0 aliphatic carbocycles. The van der Waals surface area contributed by atoms with Gasteiger partial charge in [-0.15, -0.1) is 0 Å². The van der Waals surface area contributed by atoms with Crippen molar-refractivity contribution in [3.05, 3.63) is 24.3 Å². The number of rotatable bonds is 5. The lowest BCUT2D eigenvalue weighted by atomic mass is 10.2. The van der Waals surface area contributed by atoms with Gasteiger partial charge in [0.25, 0.3) is 0 Å². The highest BCUT2D eigenvalue weighted by molar-refractivity contribution is 5.72. The Balaban J connectivity index is 2.74. The molecule has 0 radical (unpaired) electrons. The summed E-state index contributed by atoms with van der Waals surface area (Å²) < 4.78 is 10.3. The Hall–Kier alpha value is -1.71. The molecule has 1 N–H and O–H groups in total. The third kappa shape index (κ3) is 3.16. The molecule has 0 bridgehead atoms. The Morgan fingerprint density at radius 1 is 1.47 bits per heavy atom. The second kappa shape index (κ2) is 5.24. The topological polar surface area (TPSA) is 55.8 Å². The van der Waals surface area contributed by atoms with Gasteiger partial charge >= 0.3 is 5.97 Å². The fourth-order valence-electron chi connectivity index (χ4n) is 1.15. The first-order valence-corrected chi connectivity index (χ1v) is 4.71. The smallest absolute Gasteiger partial charge is 0.344 e. The predicted octanol–water partition coefficient (Wildman–Crippen LogP) is 1.94. The minimum absolute atomic E-state index is 0.423. The van der Waals surface area contributed by atoms with Crippen LogP contribution in [0.25, 0.3) is 0 Å². The highest BCUT2D eigenvalue weighted by Crippen LogP contribution is 2.20. The molecule has 0 aliphatic rings. The van der Waals surface area contributed by atoms with Crippen LogP contribution >= 0.6 is 0 Å². The van der Waals surface area contributed by atoms with Crippen LogP contribution in [0.15, 0.2) is 24.3 Å². The van der Waals surface area contributed by atoms with Crippen molar-refractivity contribution in [1.29, 1.82) is 0 Å². The first kappa shape index (κ1) is 11.4. The molecule has 1 rings (SSSR count). The van der Waals surface area contributed by atoms with E-state index in [2.05, 4.69) is 0 Å². The molecule has 0 amide bonds. The zero-order valence-corrected chi connectivity index (χ0v) is 8.77. The zero-order valence-electron chi connectivity index (χ0n) is 8.77.